The first-order chi connectivity index (χ1) is 9.54. The average molecular weight is 282 g/mol. The summed E-state index contributed by atoms with van der Waals surface area (Å²) >= 11 is 0. The first kappa shape index (κ1) is 16.7. The number of carbonyl (C=O) groups is 1. The number of hydrogen-bond donors (Lipinski definition) is 3. The van der Waals surface area contributed by atoms with Gasteiger partial charge in [-0.15, -0.1) is 0 Å². The molecule has 1 aliphatic heterocycles. The van der Waals surface area contributed by atoms with E-state index < -0.39 is 6.10 Å². The van der Waals surface area contributed by atoms with Crippen LogP contribution in [-0.4, -0.2) is 43.5 Å². The summed E-state index contributed by atoms with van der Waals surface area (Å²) in [6.07, 6.45) is 6.66. The Morgan fingerprint density at radius 3 is 2.85 bits per heavy atom. The van der Waals surface area contributed by atoms with Crippen LogP contribution < -0.4 is 10.6 Å². The topological polar surface area (TPSA) is 70.6 Å². The lowest BCUT2D eigenvalue weighted by atomic mass is 9.96. The third-order valence-electron chi connectivity index (χ3n) is 3.38. The molecule has 114 valence electrons. The van der Waals surface area contributed by atoms with Gasteiger partial charge in [0.25, 0.3) is 0 Å². The molecule has 5 heteroatoms. The second-order valence-corrected chi connectivity index (χ2v) is 5.24. The van der Waals surface area contributed by atoms with E-state index in [1.165, 1.54) is 0 Å². The number of carbonyl (C=O) groups excluding carboxylic acids is 1. The molecule has 3 N–H and O–H groups in total. The highest BCUT2D eigenvalue weighted by Crippen LogP contribution is 2.15. The van der Waals surface area contributed by atoms with Crippen molar-refractivity contribution in [2.24, 2.45) is 5.92 Å². The monoisotopic (exact) mass is 282 g/mol. The summed E-state index contributed by atoms with van der Waals surface area (Å²) in [5.41, 5.74) is 1.02. The van der Waals surface area contributed by atoms with E-state index in [4.69, 9.17) is 4.74 Å². The highest BCUT2D eigenvalue weighted by Gasteiger charge is 2.21. The summed E-state index contributed by atoms with van der Waals surface area (Å²) < 4.78 is 5.33. The maximum atomic E-state index is 11.5. The first-order valence-corrected chi connectivity index (χ1v) is 7.11. The van der Waals surface area contributed by atoms with Gasteiger partial charge in [-0.3, -0.25) is 0 Å². The predicted octanol–water partition coefficient (Wildman–Crippen LogP) is 1.59. The minimum Gasteiger partial charge on any atom is -0.389 e. The molecule has 0 fully saturated rings. The minimum atomic E-state index is -0.594. The third kappa shape index (κ3) is 5.75. The Morgan fingerprint density at radius 2 is 2.15 bits per heavy atom. The molecular formula is C15H26N2O3. The number of rotatable bonds is 1. The van der Waals surface area contributed by atoms with Crippen molar-refractivity contribution in [1.82, 2.24) is 10.6 Å². The van der Waals surface area contributed by atoms with Gasteiger partial charge >= 0.3 is 6.03 Å². The summed E-state index contributed by atoms with van der Waals surface area (Å²) in [6.45, 7) is 5.00. The fraction of sp³-hybridized carbons (Fsp3) is 0.667. The van der Waals surface area contributed by atoms with Gasteiger partial charge in [-0.05, 0) is 19.8 Å². The van der Waals surface area contributed by atoms with Crippen molar-refractivity contribution in [1.29, 1.82) is 0 Å². The van der Waals surface area contributed by atoms with Gasteiger partial charge in [-0.2, -0.15) is 0 Å². The molecule has 3 atom stereocenters. The van der Waals surface area contributed by atoms with Gasteiger partial charge in [-0.25, -0.2) is 4.79 Å². The van der Waals surface area contributed by atoms with Crippen LogP contribution in [0.15, 0.2) is 23.8 Å². The van der Waals surface area contributed by atoms with Crippen molar-refractivity contribution < 1.29 is 14.6 Å². The SMILES string of the molecule is CO[C@H]1/C=C/CCCNC(=O)NC/C(C)=C\[C@@H](C)[C@@H]1O. The van der Waals surface area contributed by atoms with Crippen molar-refractivity contribution >= 4 is 6.03 Å². The zero-order valence-electron chi connectivity index (χ0n) is 12.6. The zero-order valence-corrected chi connectivity index (χ0v) is 12.6. The van der Waals surface area contributed by atoms with Gasteiger partial charge in [0.2, 0.25) is 0 Å². The molecule has 0 saturated carbocycles. The quantitative estimate of drug-likeness (QED) is 0.640. The number of methoxy groups -OCH3 is 1. The van der Waals surface area contributed by atoms with Crippen molar-refractivity contribution in [2.45, 2.75) is 38.9 Å². The zero-order chi connectivity index (χ0) is 15.0. The summed E-state index contributed by atoms with van der Waals surface area (Å²) in [7, 11) is 1.60. The second-order valence-electron chi connectivity index (χ2n) is 5.24. The molecule has 0 aromatic carbocycles. The second kappa shape index (κ2) is 8.76. The van der Waals surface area contributed by atoms with Crippen LogP contribution in [0.25, 0.3) is 0 Å². The van der Waals surface area contributed by atoms with Crippen molar-refractivity contribution in [3.63, 3.8) is 0 Å². The maximum Gasteiger partial charge on any atom is 0.315 e. The Labute approximate surface area is 121 Å². The molecule has 0 aliphatic carbocycles. The van der Waals surface area contributed by atoms with Crippen molar-refractivity contribution in [3.05, 3.63) is 23.8 Å². The van der Waals surface area contributed by atoms with Crippen LogP contribution in [0.1, 0.15) is 26.7 Å². The molecule has 0 bridgehead atoms. The van der Waals surface area contributed by atoms with E-state index in [1.807, 2.05) is 32.1 Å². The Morgan fingerprint density at radius 1 is 1.40 bits per heavy atom. The normalized spacial score (nSPS) is 34.1. The number of allylic oxidation sites excluding steroid dienone is 1. The lowest BCUT2D eigenvalue weighted by Gasteiger charge is -2.23. The van der Waals surface area contributed by atoms with Crippen LogP contribution in [0.4, 0.5) is 4.79 Å². The van der Waals surface area contributed by atoms with E-state index in [-0.39, 0.29) is 18.1 Å². The highest BCUT2D eigenvalue weighted by molar-refractivity contribution is 5.74. The van der Waals surface area contributed by atoms with E-state index in [1.54, 1.807) is 7.11 Å². The van der Waals surface area contributed by atoms with Crippen LogP contribution >= 0.6 is 0 Å². The molecule has 5 nitrogen and oxygen atoms in total. The van der Waals surface area contributed by atoms with Gasteiger partial charge in [0.05, 0.1) is 6.10 Å². The predicted molar refractivity (Wildman–Crippen MR) is 79.5 cm³/mol. The van der Waals surface area contributed by atoms with E-state index >= 15 is 0 Å². The van der Waals surface area contributed by atoms with Crippen LogP contribution in [0.2, 0.25) is 0 Å². The molecule has 0 radical (unpaired) electrons. The average Bonchev–Trinajstić information content (AvgIpc) is 2.43. The standard InChI is InChI=1S/C15H26N2O3/c1-11-9-12(2)14(18)13(20-3)7-5-4-6-8-16-15(19)17-10-11/h5,7,9,12-14,18H,4,6,8,10H2,1-3H3,(H2,16,17,19)/b7-5+,11-9-/t12-,13+,14+/m1/s1. The summed E-state index contributed by atoms with van der Waals surface area (Å²) in [4.78, 5) is 11.5. The van der Waals surface area contributed by atoms with Crippen LogP contribution in [0.3, 0.4) is 0 Å². The van der Waals surface area contributed by atoms with Gasteiger partial charge in [0.15, 0.2) is 0 Å². The van der Waals surface area contributed by atoms with Crippen LogP contribution in [0.5, 0.6) is 0 Å². The Hall–Kier alpha value is -1.33. The lowest BCUT2D eigenvalue weighted by Crippen LogP contribution is -2.37. The number of aliphatic hydroxyl groups is 1. The molecule has 1 rings (SSSR count). The lowest BCUT2D eigenvalue weighted by molar-refractivity contribution is -0.00185. The first-order valence-electron chi connectivity index (χ1n) is 7.11. The van der Waals surface area contributed by atoms with E-state index in [2.05, 4.69) is 10.6 Å². The fourth-order valence-electron chi connectivity index (χ4n) is 2.17. The smallest absolute Gasteiger partial charge is 0.315 e. The minimum absolute atomic E-state index is 0.0441. The summed E-state index contributed by atoms with van der Waals surface area (Å²) in [6, 6.07) is -0.151. The van der Waals surface area contributed by atoms with Crippen LogP contribution in [0, 0.1) is 5.92 Å². The summed E-state index contributed by atoms with van der Waals surface area (Å²) in [5.74, 6) is -0.0441. The summed E-state index contributed by atoms with van der Waals surface area (Å²) in [5, 5.41) is 15.9. The van der Waals surface area contributed by atoms with Gasteiger partial charge < -0.3 is 20.5 Å². The van der Waals surface area contributed by atoms with Gasteiger partial charge in [-0.1, -0.05) is 30.7 Å². The number of hydrogen-bond acceptors (Lipinski definition) is 3. The number of amides is 2. The number of nitrogens with one attached hydrogen (secondary N) is 2. The third-order valence-corrected chi connectivity index (χ3v) is 3.38. The molecule has 20 heavy (non-hydrogen) atoms. The fourth-order valence-corrected chi connectivity index (χ4v) is 2.17. The molecule has 1 aliphatic rings. The van der Waals surface area contributed by atoms with E-state index in [0.717, 1.165) is 18.4 Å². The Kier molecular flexibility index (Phi) is 7.33. The number of ether oxygens (including phenoxy) is 1. The molecule has 2 amide bonds. The Balaban J connectivity index is 2.78. The van der Waals surface area contributed by atoms with E-state index in [0.29, 0.717) is 13.1 Å². The molecular weight excluding hydrogens is 256 g/mol. The van der Waals surface area contributed by atoms with Crippen molar-refractivity contribution in [3.8, 4) is 0 Å². The molecule has 0 unspecified atom stereocenters. The highest BCUT2D eigenvalue weighted by atomic mass is 16.5. The van der Waals surface area contributed by atoms with E-state index in [9.17, 15) is 9.90 Å². The molecule has 0 spiro atoms. The van der Waals surface area contributed by atoms with Crippen molar-refractivity contribution in [2.75, 3.05) is 20.2 Å². The van der Waals surface area contributed by atoms with Crippen LogP contribution in [-0.2, 0) is 4.74 Å². The largest absolute Gasteiger partial charge is 0.389 e. The molecule has 1 heterocycles. The Bertz CT molecular complexity index is 366. The number of aliphatic hydroxyl groups excluding tert-OH is 1. The molecule has 0 aromatic rings. The molecule has 0 aromatic heterocycles. The number of urea groups is 1. The van der Waals surface area contributed by atoms with Gasteiger partial charge in [0.1, 0.15) is 6.10 Å². The van der Waals surface area contributed by atoms with Gasteiger partial charge in [0, 0.05) is 26.1 Å². The molecule has 0 saturated heterocycles. The maximum absolute atomic E-state index is 11.5.